The summed E-state index contributed by atoms with van der Waals surface area (Å²) in [5, 5.41) is 3.58. The highest BCUT2D eigenvalue weighted by Crippen LogP contribution is 2.22. The first-order valence-corrected chi connectivity index (χ1v) is 7.35. The maximum atomic E-state index is 12.2. The molecule has 0 atom stereocenters. The molecule has 1 aromatic carbocycles. The van der Waals surface area contributed by atoms with Crippen LogP contribution in [-0.4, -0.2) is 23.6 Å². The molecule has 21 heavy (non-hydrogen) atoms. The number of aryl methyl sites for hydroxylation is 1. The zero-order chi connectivity index (χ0) is 15.4. The molecule has 1 heterocycles. The van der Waals surface area contributed by atoms with Crippen LogP contribution in [0.5, 0.6) is 0 Å². The Kier molecular flexibility index (Phi) is 5.04. The summed E-state index contributed by atoms with van der Waals surface area (Å²) < 4.78 is 2.05. The highest BCUT2D eigenvalue weighted by molar-refractivity contribution is 6.30. The summed E-state index contributed by atoms with van der Waals surface area (Å²) in [6, 6.07) is 9.48. The number of carbonyl (C=O) groups is 1. The highest BCUT2D eigenvalue weighted by Gasteiger charge is 2.16. The van der Waals surface area contributed by atoms with Gasteiger partial charge in [0.05, 0.1) is 5.56 Å². The van der Waals surface area contributed by atoms with Gasteiger partial charge in [0.15, 0.2) is 0 Å². The van der Waals surface area contributed by atoms with Crippen LogP contribution in [0.2, 0.25) is 5.02 Å². The quantitative estimate of drug-likeness (QED) is 0.835. The number of carbonyl (C=O) groups excluding carboxylic acids is 1. The van der Waals surface area contributed by atoms with Crippen molar-refractivity contribution >= 4 is 17.5 Å². The van der Waals surface area contributed by atoms with Crippen LogP contribution in [0.1, 0.15) is 28.2 Å². The molecule has 5 heteroatoms. The van der Waals surface area contributed by atoms with Crippen molar-refractivity contribution in [2.24, 2.45) is 5.73 Å². The third-order valence-electron chi connectivity index (χ3n) is 3.43. The topological polar surface area (TPSA) is 60.1 Å². The number of rotatable bonds is 5. The first-order valence-electron chi connectivity index (χ1n) is 6.97. The molecule has 4 nitrogen and oxygen atoms in total. The van der Waals surface area contributed by atoms with E-state index in [9.17, 15) is 4.79 Å². The maximum absolute atomic E-state index is 12.2. The zero-order valence-corrected chi connectivity index (χ0v) is 13.1. The number of hydrogen-bond donors (Lipinski definition) is 2. The summed E-state index contributed by atoms with van der Waals surface area (Å²) in [5.41, 5.74) is 9.05. The molecular weight excluding hydrogens is 286 g/mol. The van der Waals surface area contributed by atoms with Crippen molar-refractivity contribution < 1.29 is 4.79 Å². The minimum Gasteiger partial charge on any atom is -0.352 e. The van der Waals surface area contributed by atoms with E-state index in [4.69, 9.17) is 17.3 Å². The summed E-state index contributed by atoms with van der Waals surface area (Å²) in [6.45, 7) is 5.10. The van der Waals surface area contributed by atoms with Crippen molar-refractivity contribution in [2.75, 3.05) is 13.1 Å². The minimum absolute atomic E-state index is 0.0586. The molecule has 0 aliphatic rings. The third kappa shape index (κ3) is 3.46. The number of nitrogens with two attached hydrogens (primary N) is 1. The largest absolute Gasteiger partial charge is 0.352 e. The van der Waals surface area contributed by atoms with E-state index in [1.165, 1.54) is 0 Å². The van der Waals surface area contributed by atoms with Crippen molar-refractivity contribution in [2.45, 2.75) is 20.3 Å². The van der Waals surface area contributed by atoms with E-state index in [0.29, 0.717) is 23.7 Å². The van der Waals surface area contributed by atoms with E-state index in [-0.39, 0.29) is 5.91 Å². The molecule has 0 fully saturated rings. The Morgan fingerprint density at radius 2 is 1.95 bits per heavy atom. The fourth-order valence-corrected chi connectivity index (χ4v) is 2.51. The van der Waals surface area contributed by atoms with Crippen LogP contribution >= 0.6 is 11.6 Å². The van der Waals surface area contributed by atoms with E-state index in [2.05, 4.69) is 5.32 Å². The molecule has 1 amide bonds. The minimum atomic E-state index is -0.0586. The van der Waals surface area contributed by atoms with E-state index in [0.717, 1.165) is 23.5 Å². The van der Waals surface area contributed by atoms with Crippen molar-refractivity contribution in [1.29, 1.82) is 0 Å². The molecule has 0 aliphatic heterocycles. The van der Waals surface area contributed by atoms with Crippen LogP contribution < -0.4 is 11.1 Å². The lowest BCUT2D eigenvalue weighted by atomic mass is 10.2. The molecule has 2 aromatic rings. The average molecular weight is 306 g/mol. The predicted molar refractivity (Wildman–Crippen MR) is 86.3 cm³/mol. The van der Waals surface area contributed by atoms with E-state index in [1.807, 2.05) is 48.7 Å². The van der Waals surface area contributed by atoms with Crippen molar-refractivity contribution in [3.05, 3.63) is 52.3 Å². The summed E-state index contributed by atoms with van der Waals surface area (Å²) >= 11 is 5.92. The molecule has 3 N–H and O–H groups in total. The number of aromatic nitrogens is 1. The number of halogens is 1. The van der Waals surface area contributed by atoms with Gasteiger partial charge in [-0.25, -0.2) is 0 Å². The lowest BCUT2D eigenvalue weighted by Crippen LogP contribution is -2.26. The van der Waals surface area contributed by atoms with Gasteiger partial charge in [0.2, 0.25) is 0 Å². The highest BCUT2D eigenvalue weighted by atomic mass is 35.5. The molecule has 0 spiro atoms. The second-order valence-electron chi connectivity index (χ2n) is 4.99. The number of hydrogen-bond acceptors (Lipinski definition) is 2. The van der Waals surface area contributed by atoms with E-state index >= 15 is 0 Å². The van der Waals surface area contributed by atoms with Gasteiger partial charge in [0, 0.05) is 28.6 Å². The summed E-state index contributed by atoms with van der Waals surface area (Å²) in [4.78, 5) is 12.2. The van der Waals surface area contributed by atoms with Gasteiger partial charge in [0.1, 0.15) is 0 Å². The van der Waals surface area contributed by atoms with E-state index < -0.39 is 0 Å². The molecule has 0 saturated heterocycles. The third-order valence-corrected chi connectivity index (χ3v) is 3.68. The zero-order valence-electron chi connectivity index (χ0n) is 12.3. The van der Waals surface area contributed by atoms with Gasteiger partial charge in [-0.05, 0) is 57.1 Å². The first-order chi connectivity index (χ1) is 10.0. The SMILES string of the molecule is Cc1cc(C(=O)NCCCN)c(C)n1-c1ccc(Cl)cc1. The van der Waals surface area contributed by atoms with Crippen molar-refractivity contribution in [3.8, 4) is 5.69 Å². The van der Waals surface area contributed by atoms with Gasteiger partial charge >= 0.3 is 0 Å². The number of benzene rings is 1. The fourth-order valence-electron chi connectivity index (χ4n) is 2.38. The Bertz CT molecular complexity index is 632. The lowest BCUT2D eigenvalue weighted by molar-refractivity contribution is 0.0953. The molecule has 1 aromatic heterocycles. The monoisotopic (exact) mass is 305 g/mol. The second-order valence-corrected chi connectivity index (χ2v) is 5.43. The molecule has 0 unspecified atom stereocenters. The Labute approximate surface area is 129 Å². The average Bonchev–Trinajstić information content (AvgIpc) is 2.76. The predicted octanol–water partition coefficient (Wildman–Crippen LogP) is 2.83. The van der Waals surface area contributed by atoms with Crippen LogP contribution in [0.15, 0.2) is 30.3 Å². The van der Waals surface area contributed by atoms with Gasteiger partial charge in [-0.2, -0.15) is 0 Å². The Balaban J connectivity index is 2.29. The van der Waals surface area contributed by atoms with Crippen molar-refractivity contribution in [1.82, 2.24) is 9.88 Å². The standard InChI is InChI=1S/C16H20ClN3O/c1-11-10-15(16(21)19-9-3-8-18)12(2)20(11)14-6-4-13(17)5-7-14/h4-7,10H,3,8-9,18H2,1-2H3,(H,19,21). The molecule has 0 aliphatic carbocycles. The van der Waals surface area contributed by atoms with Crippen LogP contribution in [0.4, 0.5) is 0 Å². The summed E-state index contributed by atoms with van der Waals surface area (Å²) in [7, 11) is 0. The van der Waals surface area contributed by atoms with Gasteiger partial charge in [-0.3, -0.25) is 4.79 Å². The maximum Gasteiger partial charge on any atom is 0.253 e. The van der Waals surface area contributed by atoms with Crippen LogP contribution in [-0.2, 0) is 0 Å². The summed E-state index contributed by atoms with van der Waals surface area (Å²) in [6.07, 6.45) is 0.779. The van der Waals surface area contributed by atoms with E-state index in [1.54, 1.807) is 0 Å². The molecular formula is C16H20ClN3O. The molecule has 0 saturated carbocycles. The molecule has 0 radical (unpaired) electrons. The lowest BCUT2D eigenvalue weighted by Gasteiger charge is -2.10. The first kappa shape index (κ1) is 15.6. The number of amides is 1. The van der Waals surface area contributed by atoms with Gasteiger partial charge in [-0.1, -0.05) is 11.6 Å². The molecule has 2 rings (SSSR count). The van der Waals surface area contributed by atoms with Crippen LogP contribution in [0.25, 0.3) is 5.69 Å². The number of nitrogens with zero attached hydrogens (tertiary/aromatic N) is 1. The smallest absolute Gasteiger partial charge is 0.253 e. The normalized spacial score (nSPS) is 10.7. The van der Waals surface area contributed by atoms with Gasteiger partial charge < -0.3 is 15.6 Å². The van der Waals surface area contributed by atoms with Crippen LogP contribution in [0.3, 0.4) is 0 Å². The van der Waals surface area contributed by atoms with Gasteiger partial charge in [-0.15, -0.1) is 0 Å². The number of nitrogens with one attached hydrogen (secondary N) is 1. The Hall–Kier alpha value is -1.78. The second kappa shape index (κ2) is 6.78. The Morgan fingerprint density at radius 1 is 1.29 bits per heavy atom. The fraction of sp³-hybridized carbons (Fsp3) is 0.312. The molecule has 0 bridgehead atoms. The van der Waals surface area contributed by atoms with Crippen molar-refractivity contribution in [3.63, 3.8) is 0 Å². The Morgan fingerprint density at radius 3 is 2.57 bits per heavy atom. The van der Waals surface area contributed by atoms with Gasteiger partial charge in [0.25, 0.3) is 5.91 Å². The molecule has 112 valence electrons. The van der Waals surface area contributed by atoms with Crippen LogP contribution in [0, 0.1) is 13.8 Å². The summed E-state index contributed by atoms with van der Waals surface area (Å²) in [5.74, 6) is -0.0586.